The van der Waals surface area contributed by atoms with Gasteiger partial charge in [0.1, 0.15) is 12.4 Å². The first-order valence-corrected chi connectivity index (χ1v) is 7.99. The molecule has 1 atom stereocenters. The van der Waals surface area contributed by atoms with Crippen molar-refractivity contribution in [3.8, 4) is 0 Å². The fourth-order valence-corrected chi connectivity index (χ4v) is 2.43. The molecule has 2 aromatic heterocycles. The normalized spacial score (nSPS) is 12.6. The van der Waals surface area contributed by atoms with E-state index in [-0.39, 0.29) is 12.5 Å². The standard InChI is InChI=1S/C15H23ClN6O2/c1-10-14(16)11(2)22(18-10)9-21-6-5-13(19-21)15(24)17-7-12(23)8-20(3)4/h5-6,12,23H,7-9H2,1-4H3,(H,17,24). The van der Waals surface area contributed by atoms with Crippen LogP contribution in [0.3, 0.4) is 0 Å². The molecule has 0 aromatic carbocycles. The Morgan fingerprint density at radius 3 is 2.71 bits per heavy atom. The molecule has 2 heterocycles. The predicted octanol–water partition coefficient (Wildman–Crippen LogP) is 0.508. The third-order valence-electron chi connectivity index (χ3n) is 3.52. The van der Waals surface area contributed by atoms with Crippen molar-refractivity contribution < 1.29 is 9.90 Å². The highest BCUT2D eigenvalue weighted by Crippen LogP contribution is 2.18. The van der Waals surface area contributed by atoms with Crippen molar-refractivity contribution in [2.45, 2.75) is 26.6 Å². The maximum absolute atomic E-state index is 12.1. The van der Waals surface area contributed by atoms with Gasteiger partial charge in [0.2, 0.25) is 0 Å². The minimum absolute atomic E-state index is 0.178. The SMILES string of the molecule is Cc1nn(Cn2ccc(C(=O)NCC(O)CN(C)C)n2)c(C)c1Cl. The molecule has 2 aromatic rings. The van der Waals surface area contributed by atoms with E-state index in [4.69, 9.17) is 11.6 Å². The average molecular weight is 355 g/mol. The summed E-state index contributed by atoms with van der Waals surface area (Å²) in [5, 5.41) is 21.6. The van der Waals surface area contributed by atoms with Gasteiger partial charge >= 0.3 is 0 Å². The number of aryl methyl sites for hydroxylation is 1. The molecule has 0 fully saturated rings. The molecular weight excluding hydrogens is 332 g/mol. The molecule has 0 saturated carbocycles. The van der Waals surface area contributed by atoms with E-state index in [1.165, 1.54) is 0 Å². The van der Waals surface area contributed by atoms with Gasteiger partial charge in [0.15, 0.2) is 0 Å². The monoisotopic (exact) mass is 354 g/mol. The minimum Gasteiger partial charge on any atom is -0.390 e. The maximum atomic E-state index is 12.1. The van der Waals surface area contributed by atoms with Gasteiger partial charge in [-0.05, 0) is 34.0 Å². The molecular formula is C15H23ClN6O2. The lowest BCUT2D eigenvalue weighted by molar-refractivity contribution is 0.0886. The number of hydrogen-bond donors (Lipinski definition) is 2. The highest BCUT2D eigenvalue weighted by Gasteiger charge is 2.14. The Morgan fingerprint density at radius 2 is 2.12 bits per heavy atom. The van der Waals surface area contributed by atoms with Crippen molar-refractivity contribution in [3.05, 3.63) is 34.4 Å². The Hall–Kier alpha value is -1.90. The molecule has 0 aliphatic heterocycles. The molecule has 0 aliphatic carbocycles. The number of hydrogen-bond acceptors (Lipinski definition) is 5. The Bertz CT molecular complexity index is 709. The number of carbonyl (C=O) groups is 1. The van der Waals surface area contributed by atoms with Crippen molar-refractivity contribution in [2.24, 2.45) is 0 Å². The fourth-order valence-electron chi connectivity index (χ4n) is 2.30. The molecule has 132 valence electrons. The number of nitrogens with zero attached hydrogens (tertiary/aromatic N) is 5. The van der Waals surface area contributed by atoms with Gasteiger partial charge in [-0.2, -0.15) is 10.2 Å². The van der Waals surface area contributed by atoms with Gasteiger partial charge < -0.3 is 15.3 Å². The van der Waals surface area contributed by atoms with Gasteiger partial charge in [0, 0.05) is 19.3 Å². The van der Waals surface area contributed by atoms with Crippen LogP contribution in [-0.4, -0.2) is 68.8 Å². The number of halogens is 1. The lowest BCUT2D eigenvalue weighted by Crippen LogP contribution is -2.37. The molecule has 2 rings (SSSR count). The second-order valence-corrected chi connectivity index (χ2v) is 6.37. The molecule has 0 aliphatic rings. The summed E-state index contributed by atoms with van der Waals surface area (Å²) in [6, 6.07) is 1.63. The fraction of sp³-hybridized carbons (Fsp3) is 0.533. The van der Waals surface area contributed by atoms with Crippen molar-refractivity contribution >= 4 is 17.5 Å². The Labute approximate surface area is 146 Å². The topological polar surface area (TPSA) is 88.2 Å². The number of rotatable bonds is 7. The quantitative estimate of drug-likeness (QED) is 0.756. The molecule has 0 radical (unpaired) electrons. The van der Waals surface area contributed by atoms with Crippen LogP contribution in [0.25, 0.3) is 0 Å². The second kappa shape index (κ2) is 7.78. The maximum Gasteiger partial charge on any atom is 0.271 e. The Kier molecular flexibility index (Phi) is 5.98. The minimum atomic E-state index is -0.622. The van der Waals surface area contributed by atoms with Crippen LogP contribution < -0.4 is 5.32 Å². The third-order valence-corrected chi connectivity index (χ3v) is 4.07. The molecule has 0 spiro atoms. The van der Waals surface area contributed by atoms with Crippen LogP contribution in [0.4, 0.5) is 0 Å². The first kappa shape index (κ1) is 18.4. The first-order valence-electron chi connectivity index (χ1n) is 7.62. The molecule has 1 unspecified atom stereocenters. The molecule has 0 saturated heterocycles. The van der Waals surface area contributed by atoms with E-state index in [1.54, 1.807) is 21.6 Å². The smallest absolute Gasteiger partial charge is 0.271 e. The first-order chi connectivity index (χ1) is 11.3. The lowest BCUT2D eigenvalue weighted by atomic mass is 10.3. The van der Waals surface area contributed by atoms with Crippen LogP contribution in [0.2, 0.25) is 5.02 Å². The summed E-state index contributed by atoms with van der Waals surface area (Å²) in [4.78, 5) is 13.9. The number of nitrogens with one attached hydrogen (secondary N) is 1. The molecule has 24 heavy (non-hydrogen) atoms. The summed E-state index contributed by atoms with van der Waals surface area (Å²) < 4.78 is 3.34. The van der Waals surface area contributed by atoms with Crippen LogP contribution in [0.15, 0.2) is 12.3 Å². The van der Waals surface area contributed by atoms with Gasteiger partial charge in [-0.1, -0.05) is 11.6 Å². The van der Waals surface area contributed by atoms with Crippen molar-refractivity contribution in [1.82, 2.24) is 29.8 Å². The average Bonchev–Trinajstić information content (AvgIpc) is 3.06. The summed E-state index contributed by atoms with van der Waals surface area (Å²) in [5.41, 5.74) is 1.90. The zero-order chi connectivity index (χ0) is 17.9. The molecule has 2 N–H and O–H groups in total. The number of amides is 1. The van der Waals surface area contributed by atoms with Crippen molar-refractivity contribution in [1.29, 1.82) is 0 Å². The Morgan fingerprint density at radius 1 is 1.42 bits per heavy atom. The highest BCUT2D eigenvalue weighted by molar-refractivity contribution is 6.31. The second-order valence-electron chi connectivity index (χ2n) is 5.99. The predicted molar refractivity (Wildman–Crippen MR) is 91.2 cm³/mol. The molecule has 0 bridgehead atoms. The van der Waals surface area contributed by atoms with Crippen LogP contribution in [0.5, 0.6) is 0 Å². The van der Waals surface area contributed by atoms with E-state index in [1.807, 2.05) is 32.8 Å². The van der Waals surface area contributed by atoms with Crippen LogP contribution in [0.1, 0.15) is 21.9 Å². The summed E-state index contributed by atoms with van der Waals surface area (Å²) >= 11 is 6.12. The highest BCUT2D eigenvalue weighted by atomic mass is 35.5. The van der Waals surface area contributed by atoms with Crippen LogP contribution >= 0.6 is 11.6 Å². The van der Waals surface area contributed by atoms with Crippen molar-refractivity contribution in [3.63, 3.8) is 0 Å². The number of likely N-dealkylation sites (N-methyl/N-ethyl adjacent to an activating group) is 1. The Balaban J connectivity index is 1.95. The van der Waals surface area contributed by atoms with Crippen molar-refractivity contribution in [2.75, 3.05) is 27.2 Å². The zero-order valence-electron chi connectivity index (χ0n) is 14.3. The van der Waals surface area contributed by atoms with E-state index < -0.39 is 6.10 Å². The van der Waals surface area contributed by atoms with E-state index >= 15 is 0 Å². The van der Waals surface area contributed by atoms with E-state index in [9.17, 15) is 9.90 Å². The largest absolute Gasteiger partial charge is 0.390 e. The van der Waals surface area contributed by atoms with Gasteiger partial charge in [-0.25, -0.2) is 4.68 Å². The van der Waals surface area contributed by atoms with Crippen LogP contribution in [0, 0.1) is 13.8 Å². The van der Waals surface area contributed by atoms with Gasteiger partial charge in [-0.3, -0.25) is 9.48 Å². The van der Waals surface area contributed by atoms with E-state index in [0.717, 1.165) is 11.4 Å². The van der Waals surface area contributed by atoms with E-state index in [2.05, 4.69) is 15.5 Å². The molecule has 8 nitrogen and oxygen atoms in total. The number of aliphatic hydroxyl groups excluding tert-OH is 1. The lowest BCUT2D eigenvalue weighted by Gasteiger charge is -2.15. The summed E-state index contributed by atoms with van der Waals surface area (Å²) in [7, 11) is 3.72. The molecule has 9 heteroatoms. The number of carbonyl (C=O) groups excluding carboxylic acids is 1. The summed E-state index contributed by atoms with van der Waals surface area (Å²) in [5.74, 6) is -0.321. The summed E-state index contributed by atoms with van der Waals surface area (Å²) in [6.07, 6.45) is 1.08. The van der Waals surface area contributed by atoms with Gasteiger partial charge in [0.25, 0.3) is 5.91 Å². The van der Waals surface area contributed by atoms with Crippen LogP contribution in [-0.2, 0) is 6.67 Å². The van der Waals surface area contributed by atoms with Gasteiger partial charge in [-0.15, -0.1) is 0 Å². The number of aromatic nitrogens is 4. The third kappa shape index (κ3) is 4.56. The van der Waals surface area contributed by atoms with Gasteiger partial charge in [0.05, 0.1) is 22.5 Å². The van der Waals surface area contributed by atoms with E-state index in [0.29, 0.717) is 23.9 Å². The summed E-state index contributed by atoms with van der Waals surface area (Å²) in [6.45, 7) is 4.75. The zero-order valence-corrected chi connectivity index (χ0v) is 15.1. The molecule has 1 amide bonds. The number of aliphatic hydroxyl groups is 1.